The third-order valence-corrected chi connectivity index (χ3v) is 4.28. The van der Waals surface area contributed by atoms with Gasteiger partial charge >= 0.3 is 5.97 Å². The molecular formula is C23H22N2O6. The summed E-state index contributed by atoms with van der Waals surface area (Å²) >= 11 is 0. The Hall–Kier alpha value is -4.07. The Balaban J connectivity index is 1.64. The van der Waals surface area contributed by atoms with Crippen LogP contribution in [0.15, 0.2) is 64.1 Å². The summed E-state index contributed by atoms with van der Waals surface area (Å²) in [6.45, 7) is 2.08. The minimum Gasteiger partial charge on any atom is -0.497 e. The lowest BCUT2D eigenvalue weighted by molar-refractivity contribution is 0.0526. The van der Waals surface area contributed by atoms with E-state index >= 15 is 0 Å². The number of carbonyl (C=O) groups excluding carboxylic acids is 2. The first kappa shape index (κ1) is 21.6. The van der Waals surface area contributed by atoms with Crippen LogP contribution in [-0.2, 0) is 4.74 Å². The third-order valence-electron chi connectivity index (χ3n) is 4.28. The van der Waals surface area contributed by atoms with E-state index in [1.54, 1.807) is 61.5 Å². The standard InChI is InChI=1S/C23H22N2O6/c1-4-30-23(27)16-7-5-15(6-8-16)21-10-9-18(31-21)14-24-25-22(26)17-11-19(28-2)13-20(12-17)29-3/h5-14H,4H2,1-3H3,(H,25,26). The SMILES string of the molecule is CCOC(=O)c1ccc(-c2ccc(C=NNC(=O)c3cc(OC)cc(OC)c3)o2)cc1. The number of esters is 1. The van der Waals surface area contributed by atoms with E-state index in [1.807, 2.05) is 0 Å². The Morgan fingerprint density at radius 3 is 2.26 bits per heavy atom. The molecule has 160 valence electrons. The van der Waals surface area contributed by atoms with E-state index < -0.39 is 5.91 Å². The quantitative estimate of drug-likeness (QED) is 0.336. The van der Waals surface area contributed by atoms with Gasteiger partial charge in [-0.3, -0.25) is 4.79 Å². The molecule has 1 amide bonds. The van der Waals surface area contributed by atoms with Crippen molar-refractivity contribution in [3.8, 4) is 22.8 Å². The van der Waals surface area contributed by atoms with Crippen LogP contribution in [0.3, 0.4) is 0 Å². The number of amides is 1. The van der Waals surface area contributed by atoms with E-state index in [-0.39, 0.29) is 5.97 Å². The second-order valence-corrected chi connectivity index (χ2v) is 6.30. The zero-order valence-electron chi connectivity index (χ0n) is 17.4. The highest BCUT2D eigenvalue weighted by Crippen LogP contribution is 2.23. The summed E-state index contributed by atoms with van der Waals surface area (Å²) in [6.07, 6.45) is 1.39. The molecule has 0 saturated heterocycles. The van der Waals surface area contributed by atoms with Crippen LogP contribution in [0.5, 0.6) is 11.5 Å². The Kier molecular flexibility index (Phi) is 7.05. The number of nitrogens with zero attached hydrogens (tertiary/aromatic N) is 1. The van der Waals surface area contributed by atoms with Crippen LogP contribution < -0.4 is 14.9 Å². The Bertz CT molecular complexity index is 1060. The number of carbonyl (C=O) groups is 2. The summed E-state index contributed by atoms with van der Waals surface area (Å²) in [7, 11) is 3.01. The van der Waals surface area contributed by atoms with Crippen LogP contribution in [0.1, 0.15) is 33.4 Å². The average Bonchev–Trinajstić information content (AvgIpc) is 3.27. The molecule has 1 N–H and O–H groups in total. The molecule has 1 heterocycles. The van der Waals surface area contributed by atoms with Crippen LogP contribution in [-0.4, -0.2) is 38.9 Å². The lowest BCUT2D eigenvalue weighted by Crippen LogP contribution is -2.17. The molecule has 0 radical (unpaired) electrons. The van der Waals surface area contributed by atoms with Gasteiger partial charge in [0.2, 0.25) is 0 Å². The van der Waals surface area contributed by atoms with Gasteiger partial charge in [0.15, 0.2) is 0 Å². The molecular weight excluding hydrogens is 400 g/mol. The van der Waals surface area contributed by atoms with Crippen molar-refractivity contribution in [3.63, 3.8) is 0 Å². The normalized spacial score (nSPS) is 10.7. The molecule has 8 heteroatoms. The van der Waals surface area contributed by atoms with E-state index in [0.29, 0.717) is 40.8 Å². The highest BCUT2D eigenvalue weighted by atomic mass is 16.5. The number of rotatable bonds is 8. The van der Waals surface area contributed by atoms with Crippen molar-refractivity contribution >= 4 is 18.1 Å². The molecule has 0 bridgehead atoms. The third kappa shape index (κ3) is 5.51. The number of benzene rings is 2. The van der Waals surface area contributed by atoms with E-state index in [2.05, 4.69) is 10.5 Å². The van der Waals surface area contributed by atoms with Crippen LogP contribution in [0.2, 0.25) is 0 Å². The van der Waals surface area contributed by atoms with Gasteiger partial charge in [-0.2, -0.15) is 5.10 Å². The van der Waals surface area contributed by atoms with E-state index in [4.69, 9.17) is 18.6 Å². The van der Waals surface area contributed by atoms with E-state index in [0.717, 1.165) is 5.56 Å². The van der Waals surface area contributed by atoms with Crippen molar-refractivity contribution in [3.05, 3.63) is 71.5 Å². The summed E-state index contributed by atoms with van der Waals surface area (Å²) in [5.41, 5.74) is 4.04. The smallest absolute Gasteiger partial charge is 0.338 e. The molecule has 0 aliphatic rings. The summed E-state index contributed by atoms with van der Waals surface area (Å²) in [5, 5.41) is 3.93. The second kappa shape index (κ2) is 10.1. The van der Waals surface area contributed by atoms with Gasteiger partial charge in [-0.15, -0.1) is 0 Å². The van der Waals surface area contributed by atoms with Gasteiger partial charge < -0.3 is 18.6 Å². The van der Waals surface area contributed by atoms with Crippen molar-refractivity contribution in [1.29, 1.82) is 0 Å². The first-order valence-electron chi connectivity index (χ1n) is 9.48. The second-order valence-electron chi connectivity index (χ2n) is 6.30. The molecule has 31 heavy (non-hydrogen) atoms. The molecule has 0 unspecified atom stereocenters. The summed E-state index contributed by atoms with van der Waals surface area (Å²) in [6, 6.07) is 15.2. The molecule has 0 fully saturated rings. The number of nitrogens with one attached hydrogen (secondary N) is 1. The van der Waals surface area contributed by atoms with Gasteiger partial charge in [-0.05, 0) is 43.3 Å². The molecule has 2 aromatic carbocycles. The van der Waals surface area contributed by atoms with Gasteiger partial charge in [-0.1, -0.05) is 12.1 Å². The predicted molar refractivity (Wildman–Crippen MR) is 115 cm³/mol. The fraction of sp³-hybridized carbons (Fsp3) is 0.174. The maximum atomic E-state index is 12.3. The van der Waals surface area contributed by atoms with Crippen molar-refractivity contribution in [2.45, 2.75) is 6.92 Å². The monoisotopic (exact) mass is 422 g/mol. The Morgan fingerprint density at radius 1 is 0.968 bits per heavy atom. The fourth-order valence-corrected chi connectivity index (χ4v) is 2.72. The van der Waals surface area contributed by atoms with Crippen molar-refractivity contribution in [1.82, 2.24) is 5.43 Å². The highest BCUT2D eigenvalue weighted by Gasteiger charge is 2.10. The van der Waals surface area contributed by atoms with Crippen LogP contribution in [0, 0.1) is 0 Å². The molecule has 0 saturated carbocycles. The minimum absolute atomic E-state index is 0.323. The Morgan fingerprint density at radius 2 is 1.65 bits per heavy atom. The van der Waals surface area contributed by atoms with Gasteiger partial charge in [0.05, 0.1) is 32.6 Å². The Labute approximate surface area is 179 Å². The summed E-state index contributed by atoms with van der Waals surface area (Å²) in [4.78, 5) is 24.1. The number of hydrogen-bond donors (Lipinski definition) is 1. The van der Waals surface area contributed by atoms with Gasteiger partial charge in [0, 0.05) is 17.2 Å². The maximum Gasteiger partial charge on any atom is 0.338 e. The molecule has 8 nitrogen and oxygen atoms in total. The lowest BCUT2D eigenvalue weighted by Gasteiger charge is -2.07. The average molecular weight is 422 g/mol. The minimum atomic E-state index is -0.421. The molecule has 0 aliphatic carbocycles. The van der Waals surface area contributed by atoms with Gasteiger partial charge in [0.1, 0.15) is 23.0 Å². The topological polar surface area (TPSA) is 99.4 Å². The number of hydrazone groups is 1. The number of furan rings is 1. The fourth-order valence-electron chi connectivity index (χ4n) is 2.72. The van der Waals surface area contributed by atoms with Crippen LogP contribution in [0.25, 0.3) is 11.3 Å². The van der Waals surface area contributed by atoms with Crippen molar-refractivity contribution < 1.29 is 28.2 Å². The molecule has 0 atom stereocenters. The van der Waals surface area contributed by atoms with Crippen LogP contribution >= 0.6 is 0 Å². The zero-order chi connectivity index (χ0) is 22.2. The zero-order valence-corrected chi connectivity index (χ0v) is 17.4. The van der Waals surface area contributed by atoms with E-state index in [9.17, 15) is 9.59 Å². The molecule has 1 aromatic heterocycles. The number of hydrogen-bond acceptors (Lipinski definition) is 7. The largest absolute Gasteiger partial charge is 0.497 e. The lowest BCUT2D eigenvalue weighted by atomic mass is 10.1. The number of methoxy groups -OCH3 is 2. The summed E-state index contributed by atoms with van der Waals surface area (Å²) in [5.74, 6) is 1.26. The molecule has 0 aliphatic heterocycles. The first-order chi connectivity index (χ1) is 15.0. The predicted octanol–water partition coefficient (Wildman–Crippen LogP) is 3.90. The van der Waals surface area contributed by atoms with Crippen LogP contribution in [0.4, 0.5) is 0 Å². The van der Waals surface area contributed by atoms with Crippen molar-refractivity contribution in [2.75, 3.05) is 20.8 Å². The van der Waals surface area contributed by atoms with E-state index in [1.165, 1.54) is 20.4 Å². The maximum absolute atomic E-state index is 12.3. The summed E-state index contributed by atoms with van der Waals surface area (Å²) < 4.78 is 21.0. The molecule has 3 rings (SSSR count). The van der Waals surface area contributed by atoms with Gasteiger partial charge in [0.25, 0.3) is 5.91 Å². The van der Waals surface area contributed by atoms with Crippen molar-refractivity contribution in [2.24, 2.45) is 5.10 Å². The number of ether oxygens (including phenoxy) is 3. The molecule has 3 aromatic rings. The first-order valence-corrected chi connectivity index (χ1v) is 9.48. The highest BCUT2D eigenvalue weighted by molar-refractivity contribution is 5.95. The molecule has 0 spiro atoms. The van der Waals surface area contributed by atoms with Gasteiger partial charge in [-0.25, -0.2) is 10.2 Å².